The SMILES string of the molecule is COc1cc(CNC2(c3nc(C)cs3)CCOCC2)on1. The van der Waals surface area contributed by atoms with Crippen LogP contribution in [0.1, 0.15) is 29.3 Å². The molecule has 6 nitrogen and oxygen atoms in total. The Balaban J connectivity index is 1.76. The summed E-state index contributed by atoms with van der Waals surface area (Å²) in [7, 11) is 1.58. The highest BCUT2D eigenvalue weighted by Gasteiger charge is 2.36. The van der Waals surface area contributed by atoms with E-state index < -0.39 is 0 Å². The van der Waals surface area contributed by atoms with Crippen LogP contribution in [0.3, 0.4) is 0 Å². The lowest BCUT2D eigenvalue weighted by atomic mass is 9.90. The lowest BCUT2D eigenvalue weighted by Gasteiger charge is -2.36. The average Bonchev–Trinajstić information content (AvgIpc) is 3.15. The van der Waals surface area contributed by atoms with E-state index in [9.17, 15) is 0 Å². The Hall–Kier alpha value is -1.44. The molecule has 0 saturated carbocycles. The predicted molar refractivity (Wildman–Crippen MR) is 78.5 cm³/mol. The van der Waals surface area contributed by atoms with Crippen LogP contribution in [0.2, 0.25) is 0 Å². The summed E-state index contributed by atoms with van der Waals surface area (Å²) in [5.74, 6) is 1.25. The molecule has 21 heavy (non-hydrogen) atoms. The fraction of sp³-hybridized carbons (Fsp3) is 0.571. The Morgan fingerprint density at radius 1 is 1.43 bits per heavy atom. The van der Waals surface area contributed by atoms with Gasteiger partial charge >= 0.3 is 0 Å². The van der Waals surface area contributed by atoms with Gasteiger partial charge in [-0.05, 0) is 24.9 Å². The molecule has 0 spiro atoms. The van der Waals surface area contributed by atoms with Gasteiger partial charge in [0.1, 0.15) is 5.01 Å². The van der Waals surface area contributed by atoms with E-state index in [4.69, 9.17) is 14.0 Å². The largest absolute Gasteiger partial charge is 0.479 e. The third-order valence-corrected chi connectivity index (χ3v) is 4.89. The first-order valence-electron chi connectivity index (χ1n) is 6.97. The molecule has 1 saturated heterocycles. The molecule has 7 heteroatoms. The van der Waals surface area contributed by atoms with Gasteiger partial charge in [-0.3, -0.25) is 5.32 Å². The maximum absolute atomic E-state index is 5.51. The van der Waals surface area contributed by atoms with Crippen LogP contribution in [-0.4, -0.2) is 30.5 Å². The van der Waals surface area contributed by atoms with Crippen LogP contribution in [0.25, 0.3) is 0 Å². The van der Waals surface area contributed by atoms with E-state index in [2.05, 4.69) is 20.8 Å². The van der Waals surface area contributed by atoms with Gasteiger partial charge in [0.25, 0.3) is 5.88 Å². The molecule has 2 aromatic rings. The Kier molecular flexibility index (Phi) is 4.23. The lowest BCUT2D eigenvalue weighted by Crippen LogP contribution is -2.46. The zero-order chi connectivity index (χ0) is 14.7. The van der Waals surface area contributed by atoms with Crippen LogP contribution in [0, 0.1) is 6.92 Å². The van der Waals surface area contributed by atoms with E-state index >= 15 is 0 Å². The van der Waals surface area contributed by atoms with Crippen molar-refractivity contribution in [1.29, 1.82) is 0 Å². The van der Waals surface area contributed by atoms with Crippen molar-refractivity contribution in [3.8, 4) is 5.88 Å². The van der Waals surface area contributed by atoms with Gasteiger partial charge in [0, 0.05) is 30.4 Å². The van der Waals surface area contributed by atoms with Crippen molar-refractivity contribution in [3.05, 3.63) is 27.9 Å². The zero-order valence-electron chi connectivity index (χ0n) is 12.2. The highest BCUT2D eigenvalue weighted by molar-refractivity contribution is 7.09. The van der Waals surface area contributed by atoms with Crippen molar-refractivity contribution in [2.45, 2.75) is 31.8 Å². The van der Waals surface area contributed by atoms with Crippen molar-refractivity contribution in [2.24, 2.45) is 0 Å². The lowest BCUT2D eigenvalue weighted by molar-refractivity contribution is 0.0347. The third kappa shape index (κ3) is 3.09. The fourth-order valence-electron chi connectivity index (χ4n) is 2.49. The summed E-state index contributed by atoms with van der Waals surface area (Å²) >= 11 is 1.70. The van der Waals surface area contributed by atoms with Gasteiger partial charge < -0.3 is 14.0 Å². The van der Waals surface area contributed by atoms with Gasteiger partial charge in [-0.15, -0.1) is 11.3 Å². The number of hydrogen-bond acceptors (Lipinski definition) is 7. The van der Waals surface area contributed by atoms with E-state index in [1.165, 1.54) is 0 Å². The molecule has 0 amide bonds. The minimum absolute atomic E-state index is 0.142. The first-order valence-corrected chi connectivity index (χ1v) is 7.85. The summed E-state index contributed by atoms with van der Waals surface area (Å²) in [6, 6.07) is 1.80. The Morgan fingerprint density at radius 2 is 2.24 bits per heavy atom. The summed E-state index contributed by atoms with van der Waals surface area (Å²) in [5, 5.41) is 10.6. The molecule has 114 valence electrons. The molecular formula is C14H19N3O3S. The van der Waals surface area contributed by atoms with Crippen LogP contribution < -0.4 is 10.1 Å². The van der Waals surface area contributed by atoms with Crippen molar-refractivity contribution in [2.75, 3.05) is 20.3 Å². The first kappa shape index (κ1) is 14.5. The van der Waals surface area contributed by atoms with E-state index in [1.807, 2.05) is 6.92 Å². The second-order valence-electron chi connectivity index (χ2n) is 5.18. The van der Waals surface area contributed by atoms with Crippen molar-refractivity contribution in [1.82, 2.24) is 15.5 Å². The number of hydrogen-bond donors (Lipinski definition) is 1. The number of ether oxygens (including phenoxy) is 2. The minimum Gasteiger partial charge on any atom is -0.479 e. The van der Waals surface area contributed by atoms with E-state index in [1.54, 1.807) is 24.5 Å². The Morgan fingerprint density at radius 3 is 2.86 bits per heavy atom. The van der Waals surface area contributed by atoms with Crippen LogP contribution in [0.5, 0.6) is 5.88 Å². The highest BCUT2D eigenvalue weighted by atomic mass is 32.1. The molecule has 2 aromatic heterocycles. The molecule has 0 aromatic carbocycles. The monoisotopic (exact) mass is 309 g/mol. The normalized spacial score (nSPS) is 17.8. The summed E-state index contributed by atoms with van der Waals surface area (Å²) in [6.45, 7) is 4.10. The second kappa shape index (κ2) is 6.13. The zero-order valence-corrected chi connectivity index (χ0v) is 13.0. The molecule has 1 aliphatic rings. The Bertz CT molecular complexity index is 590. The fourth-order valence-corrected chi connectivity index (χ4v) is 3.52. The molecular weight excluding hydrogens is 290 g/mol. The molecule has 1 aliphatic heterocycles. The summed E-state index contributed by atoms with van der Waals surface area (Å²) < 4.78 is 15.8. The molecule has 1 N–H and O–H groups in total. The van der Waals surface area contributed by atoms with Gasteiger partial charge in [0.2, 0.25) is 0 Å². The van der Waals surface area contributed by atoms with Crippen molar-refractivity contribution in [3.63, 3.8) is 0 Å². The highest BCUT2D eigenvalue weighted by Crippen LogP contribution is 2.34. The van der Waals surface area contributed by atoms with Gasteiger partial charge in [0.05, 0.1) is 19.2 Å². The minimum atomic E-state index is -0.142. The second-order valence-corrected chi connectivity index (χ2v) is 6.04. The smallest absolute Gasteiger partial charge is 0.254 e. The predicted octanol–water partition coefficient (Wildman–Crippen LogP) is 2.24. The van der Waals surface area contributed by atoms with E-state index in [-0.39, 0.29) is 5.54 Å². The maximum Gasteiger partial charge on any atom is 0.254 e. The van der Waals surface area contributed by atoms with Gasteiger partial charge in [-0.1, -0.05) is 0 Å². The molecule has 3 heterocycles. The Labute approximate surface area is 127 Å². The molecule has 0 radical (unpaired) electrons. The topological polar surface area (TPSA) is 69.4 Å². The molecule has 0 aliphatic carbocycles. The number of rotatable bonds is 5. The number of aryl methyl sites for hydroxylation is 1. The standard InChI is InChI=1S/C14H19N3O3S/c1-10-9-21-13(16-10)14(3-5-19-6-4-14)15-8-11-7-12(18-2)17-20-11/h7,9,15H,3-6,8H2,1-2H3. The molecule has 0 bridgehead atoms. The van der Waals surface area contributed by atoms with Crippen LogP contribution in [-0.2, 0) is 16.8 Å². The van der Waals surface area contributed by atoms with E-state index in [0.717, 1.165) is 42.5 Å². The maximum atomic E-state index is 5.51. The van der Waals surface area contributed by atoms with Crippen LogP contribution >= 0.6 is 11.3 Å². The molecule has 3 rings (SSSR count). The number of nitrogens with one attached hydrogen (secondary N) is 1. The quantitative estimate of drug-likeness (QED) is 0.913. The van der Waals surface area contributed by atoms with Gasteiger partial charge in [-0.25, -0.2) is 4.98 Å². The summed E-state index contributed by atoms with van der Waals surface area (Å²) in [6.07, 6.45) is 1.82. The van der Waals surface area contributed by atoms with Crippen molar-refractivity contribution >= 4 is 11.3 Å². The van der Waals surface area contributed by atoms with Crippen LogP contribution in [0.15, 0.2) is 16.0 Å². The summed E-state index contributed by atoms with van der Waals surface area (Å²) in [4.78, 5) is 4.67. The molecule has 1 fully saturated rings. The van der Waals surface area contributed by atoms with Crippen LogP contribution in [0.4, 0.5) is 0 Å². The number of aromatic nitrogens is 2. The van der Waals surface area contributed by atoms with E-state index in [0.29, 0.717) is 12.4 Å². The van der Waals surface area contributed by atoms with Gasteiger partial charge in [-0.2, -0.15) is 0 Å². The molecule has 0 atom stereocenters. The first-order chi connectivity index (χ1) is 10.2. The average molecular weight is 309 g/mol. The molecule has 0 unspecified atom stereocenters. The summed E-state index contributed by atoms with van der Waals surface area (Å²) in [5.41, 5.74) is 0.918. The third-order valence-electron chi connectivity index (χ3n) is 3.72. The van der Waals surface area contributed by atoms with Gasteiger partial charge in [0.15, 0.2) is 5.76 Å². The number of methoxy groups -OCH3 is 1. The number of thiazole rings is 1. The van der Waals surface area contributed by atoms with Crippen molar-refractivity contribution < 1.29 is 14.0 Å². The number of nitrogens with zero attached hydrogens (tertiary/aromatic N) is 2.